The van der Waals surface area contributed by atoms with E-state index < -0.39 is 0 Å². The summed E-state index contributed by atoms with van der Waals surface area (Å²) in [5.41, 5.74) is 1.71. The first-order valence-corrected chi connectivity index (χ1v) is 10.1. The van der Waals surface area contributed by atoms with Gasteiger partial charge in [-0.2, -0.15) is 0 Å². The standard InChI is InChI=1S/C19H20BrN3OS/c20-16-10-4-5-11-17(16)22-18(24)14-25-19(23-12-6-7-13-23)21-15-8-2-1-3-9-15/h1-5,8-11H,6-7,12-14H2,(H,22,24). The molecule has 1 saturated heterocycles. The van der Waals surface area contributed by atoms with Crippen molar-refractivity contribution in [3.8, 4) is 0 Å². The number of nitrogens with zero attached hydrogens (tertiary/aromatic N) is 2. The molecular formula is C19H20BrN3OS. The molecule has 0 aliphatic carbocycles. The van der Waals surface area contributed by atoms with Crippen LogP contribution in [0.4, 0.5) is 11.4 Å². The van der Waals surface area contributed by atoms with Crippen LogP contribution in [-0.4, -0.2) is 34.8 Å². The van der Waals surface area contributed by atoms with Crippen LogP contribution in [0.1, 0.15) is 12.8 Å². The van der Waals surface area contributed by atoms with Crippen molar-refractivity contribution in [1.82, 2.24) is 4.90 Å². The highest BCUT2D eigenvalue weighted by Gasteiger charge is 2.18. The highest BCUT2D eigenvalue weighted by atomic mass is 79.9. The van der Waals surface area contributed by atoms with Crippen molar-refractivity contribution in [2.24, 2.45) is 4.99 Å². The van der Waals surface area contributed by atoms with Gasteiger partial charge in [-0.3, -0.25) is 4.79 Å². The Bertz CT molecular complexity index is 745. The van der Waals surface area contributed by atoms with Gasteiger partial charge in [-0.25, -0.2) is 4.99 Å². The van der Waals surface area contributed by atoms with Crippen LogP contribution in [0.2, 0.25) is 0 Å². The Morgan fingerprint density at radius 1 is 1.08 bits per heavy atom. The summed E-state index contributed by atoms with van der Waals surface area (Å²) < 4.78 is 0.881. The highest BCUT2D eigenvalue weighted by molar-refractivity contribution is 9.10. The zero-order valence-corrected chi connectivity index (χ0v) is 16.2. The number of anilines is 1. The summed E-state index contributed by atoms with van der Waals surface area (Å²) in [6.45, 7) is 2.01. The molecule has 1 amide bonds. The average Bonchev–Trinajstić information content (AvgIpc) is 3.16. The van der Waals surface area contributed by atoms with Gasteiger partial charge < -0.3 is 10.2 Å². The number of hydrogen-bond acceptors (Lipinski definition) is 3. The number of amides is 1. The van der Waals surface area contributed by atoms with Gasteiger partial charge in [0, 0.05) is 17.6 Å². The number of amidine groups is 1. The average molecular weight is 418 g/mol. The first-order chi connectivity index (χ1) is 12.2. The van der Waals surface area contributed by atoms with Crippen LogP contribution in [0.3, 0.4) is 0 Å². The summed E-state index contributed by atoms with van der Waals surface area (Å²) in [7, 11) is 0. The molecule has 0 spiro atoms. The van der Waals surface area contributed by atoms with E-state index in [1.807, 2.05) is 54.6 Å². The quantitative estimate of drug-likeness (QED) is 0.567. The lowest BCUT2D eigenvalue weighted by Crippen LogP contribution is -2.27. The van der Waals surface area contributed by atoms with Gasteiger partial charge in [-0.15, -0.1) is 0 Å². The first kappa shape index (κ1) is 18.0. The van der Waals surface area contributed by atoms with Crippen molar-refractivity contribution in [2.75, 3.05) is 24.2 Å². The number of carbonyl (C=O) groups is 1. The summed E-state index contributed by atoms with van der Waals surface area (Å²) in [5, 5.41) is 3.86. The highest BCUT2D eigenvalue weighted by Crippen LogP contribution is 2.23. The minimum atomic E-state index is -0.0307. The monoisotopic (exact) mass is 417 g/mol. The number of rotatable bonds is 4. The maximum atomic E-state index is 12.3. The van der Waals surface area contributed by atoms with Crippen LogP contribution in [0.15, 0.2) is 64.1 Å². The number of halogens is 1. The molecule has 1 heterocycles. The molecule has 1 aliphatic heterocycles. The Labute approximate surface area is 160 Å². The third-order valence-electron chi connectivity index (χ3n) is 3.84. The smallest absolute Gasteiger partial charge is 0.234 e. The van der Waals surface area contributed by atoms with E-state index in [-0.39, 0.29) is 5.91 Å². The molecule has 1 aliphatic rings. The van der Waals surface area contributed by atoms with E-state index in [9.17, 15) is 4.79 Å². The zero-order chi connectivity index (χ0) is 17.5. The van der Waals surface area contributed by atoms with E-state index in [4.69, 9.17) is 4.99 Å². The zero-order valence-electron chi connectivity index (χ0n) is 13.8. The number of likely N-dealkylation sites (tertiary alicyclic amines) is 1. The summed E-state index contributed by atoms with van der Waals surface area (Å²) >= 11 is 4.94. The number of hydrogen-bond donors (Lipinski definition) is 1. The Morgan fingerprint density at radius 3 is 2.48 bits per heavy atom. The maximum Gasteiger partial charge on any atom is 0.234 e. The molecule has 25 heavy (non-hydrogen) atoms. The van der Waals surface area contributed by atoms with Crippen molar-refractivity contribution in [3.05, 3.63) is 59.1 Å². The fraction of sp³-hybridized carbons (Fsp3) is 0.263. The Balaban J connectivity index is 1.65. The normalized spacial score (nSPS) is 14.6. The van der Waals surface area contributed by atoms with Crippen molar-refractivity contribution in [1.29, 1.82) is 0 Å². The predicted molar refractivity (Wildman–Crippen MR) is 110 cm³/mol. The van der Waals surface area contributed by atoms with E-state index in [0.29, 0.717) is 5.75 Å². The van der Waals surface area contributed by atoms with E-state index in [2.05, 4.69) is 26.1 Å². The van der Waals surface area contributed by atoms with Gasteiger partial charge in [0.05, 0.1) is 17.1 Å². The molecule has 6 heteroatoms. The molecule has 1 N–H and O–H groups in total. The van der Waals surface area contributed by atoms with E-state index >= 15 is 0 Å². The Morgan fingerprint density at radius 2 is 1.76 bits per heavy atom. The minimum Gasteiger partial charge on any atom is -0.351 e. The molecule has 3 rings (SSSR count). The molecule has 130 valence electrons. The number of carbonyl (C=O) groups excluding carboxylic acids is 1. The lowest BCUT2D eigenvalue weighted by Gasteiger charge is -2.19. The van der Waals surface area contributed by atoms with Crippen molar-refractivity contribution in [2.45, 2.75) is 12.8 Å². The molecule has 1 fully saturated rings. The fourth-order valence-electron chi connectivity index (χ4n) is 2.59. The van der Waals surface area contributed by atoms with Crippen LogP contribution in [-0.2, 0) is 4.79 Å². The van der Waals surface area contributed by atoms with Crippen molar-refractivity contribution in [3.63, 3.8) is 0 Å². The van der Waals surface area contributed by atoms with Gasteiger partial charge >= 0.3 is 0 Å². The number of benzene rings is 2. The third kappa shape index (κ3) is 5.34. The molecule has 0 bridgehead atoms. The molecule has 2 aromatic rings. The second-order valence-corrected chi connectivity index (χ2v) is 7.54. The molecule has 0 atom stereocenters. The van der Waals surface area contributed by atoms with Crippen molar-refractivity contribution < 1.29 is 4.79 Å². The number of nitrogens with one attached hydrogen (secondary N) is 1. The van der Waals surface area contributed by atoms with Gasteiger partial charge in [-0.1, -0.05) is 42.1 Å². The van der Waals surface area contributed by atoms with E-state index in [0.717, 1.165) is 34.1 Å². The second kappa shape index (κ2) is 9.06. The summed E-state index contributed by atoms with van der Waals surface area (Å²) in [6.07, 6.45) is 2.36. The third-order valence-corrected chi connectivity index (χ3v) is 5.54. The summed E-state index contributed by atoms with van der Waals surface area (Å²) in [5.74, 6) is 0.306. The van der Waals surface area contributed by atoms with Crippen LogP contribution >= 0.6 is 27.7 Å². The predicted octanol–water partition coefficient (Wildman–Crippen LogP) is 4.90. The molecule has 0 radical (unpaired) electrons. The van der Waals surface area contributed by atoms with Crippen LogP contribution in [0, 0.1) is 0 Å². The molecule has 0 saturated carbocycles. The minimum absolute atomic E-state index is 0.0307. The van der Waals surface area contributed by atoms with Gasteiger partial charge in [-0.05, 0) is 53.0 Å². The lowest BCUT2D eigenvalue weighted by molar-refractivity contribution is -0.113. The molecule has 2 aromatic carbocycles. The first-order valence-electron chi connectivity index (χ1n) is 8.28. The Hall–Kier alpha value is -1.79. The summed E-state index contributed by atoms with van der Waals surface area (Å²) in [6, 6.07) is 17.5. The number of aliphatic imine (C=N–C) groups is 1. The molecule has 4 nitrogen and oxygen atoms in total. The van der Waals surface area contributed by atoms with Gasteiger partial charge in [0.15, 0.2) is 5.17 Å². The maximum absolute atomic E-state index is 12.3. The van der Waals surface area contributed by atoms with Gasteiger partial charge in [0.2, 0.25) is 5.91 Å². The van der Waals surface area contributed by atoms with Gasteiger partial charge in [0.1, 0.15) is 0 Å². The second-order valence-electron chi connectivity index (χ2n) is 5.74. The number of para-hydroxylation sites is 2. The molecule has 0 aromatic heterocycles. The summed E-state index contributed by atoms with van der Waals surface area (Å²) in [4.78, 5) is 19.3. The van der Waals surface area contributed by atoms with Crippen molar-refractivity contribution >= 4 is 50.1 Å². The topological polar surface area (TPSA) is 44.7 Å². The molecule has 0 unspecified atom stereocenters. The fourth-order valence-corrected chi connectivity index (χ4v) is 3.85. The Kier molecular flexibility index (Phi) is 6.53. The van der Waals surface area contributed by atoms with E-state index in [1.54, 1.807) is 0 Å². The lowest BCUT2D eigenvalue weighted by atomic mass is 10.3. The number of thioether (sulfide) groups is 1. The van der Waals surface area contributed by atoms with Crippen LogP contribution < -0.4 is 5.32 Å². The largest absolute Gasteiger partial charge is 0.351 e. The SMILES string of the molecule is O=C(CSC(=Nc1ccccc1)N1CCCC1)Nc1ccccc1Br. The van der Waals surface area contributed by atoms with Gasteiger partial charge in [0.25, 0.3) is 0 Å². The van der Waals surface area contributed by atoms with Crippen LogP contribution in [0.25, 0.3) is 0 Å². The van der Waals surface area contributed by atoms with E-state index in [1.165, 1.54) is 24.6 Å². The van der Waals surface area contributed by atoms with Crippen LogP contribution in [0.5, 0.6) is 0 Å². The molecular weight excluding hydrogens is 398 g/mol.